The molecule has 0 unspecified atom stereocenters. The van der Waals surface area contributed by atoms with Crippen LogP contribution in [0.15, 0.2) is 35.6 Å². The molecular weight excluding hydrogens is 432 g/mol. The van der Waals surface area contributed by atoms with Crippen molar-refractivity contribution in [2.45, 2.75) is 19.3 Å². The predicted molar refractivity (Wildman–Crippen MR) is 97.3 cm³/mol. The lowest BCUT2D eigenvalue weighted by atomic mass is 10.0. The molecule has 14 heteroatoms. The van der Waals surface area contributed by atoms with Gasteiger partial charge in [-0.3, -0.25) is 15.6 Å². The zero-order valence-electron chi connectivity index (χ0n) is 16.0. The van der Waals surface area contributed by atoms with Crippen molar-refractivity contribution in [3.63, 3.8) is 0 Å². The number of hydrazine groups is 1. The van der Waals surface area contributed by atoms with Crippen LogP contribution in [0.1, 0.15) is 18.1 Å². The second-order valence-corrected chi connectivity index (χ2v) is 6.46. The van der Waals surface area contributed by atoms with E-state index in [-0.39, 0.29) is 30.3 Å². The van der Waals surface area contributed by atoms with Crippen LogP contribution in [0.25, 0.3) is 11.4 Å². The molecule has 0 fully saturated rings. The molecule has 1 aliphatic heterocycles. The monoisotopic (exact) mass is 447 g/mol. The molecule has 1 aliphatic rings. The van der Waals surface area contributed by atoms with Crippen LogP contribution in [0.2, 0.25) is 0 Å². The van der Waals surface area contributed by atoms with Gasteiger partial charge in [0.25, 0.3) is 0 Å². The molecule has 1 aromatic heterocycles. The molecule has 2 N–H and O–H groups in total. The van der Waals surface area contributed by atoms with Crippen LogP contribution in [-0.2, 0) is 24.2 Å². The number of alkyl halides is 6. The van der Waals surface area contributed by atoms with E-state index in [1.807, 2.05) is 0 Å². The average Bonchev–Trinajstić information content (AvgIpc) is 3.06. The van der Waals surface area contributed by atoms with Gasteiger partial charge >= 0.3 is 12.4 Å². The van der Waals surface area contributed by atoms with E-state index >= 15 is 0 Å². The second kappa shape index (κ2) is 7.92. The topological polar surface area (TPSA) is 87.4 Å². The normalized spacial score (nSPS) is 14.5. The van der Waals surface area contributed by atoms with Crippen molar-refractivity contribution in [2.75, 3.05) is 11.4 Å². The third-order valence-corrected chi connectivity index (χ3v) is 4.02. The van der Waals surface area contributed by atoms with Crippen molar-refractivity contribution in [2.24, 2.45) is 12.0 Å². The summed E-state index contributed by atoms with van der Waals surface area (Å²) < 4.78 is 79.9. The van der Waals surface area contributed by atoms with Crippen LogP contribution in [0.5, 0.6) is 0 Å². The molecule has 0 aliphatic carbocycles. The molecular formula is C17H15F6N7O. The number of aliphatic imine (C=N–C) groups is 1. The SMILES string of the molecule is CC(=O)NNC1=NC=CN(c2nc(-c3cc(C(F)(F)F)cc(C(F)(F)F)c3)nn2C)C1. The van der Waals surface area contributed by atoms with Crippen molar-refractivity contribution in [1.29, 1.82) is 0 Å². The molecule has 0 radical (unpaired) electrons. The van der Waals surface area contributed by atoms with Crippen molar-refractivity contribution >= 4 is 17.7 Å². The van der Waals surface area contributed by atoms with E-state index in [0.717, 1.165) is 0 Å². The van der Waals surface area contributed by atoms with Gasteiger partial charge in [-0.1, -0.05) is 0 Å². The van der Waals surface area contributed by atoms with E-state index in [2.05, 4.69) is 25.9 Å². The van der Waals surface area contributed by atoms with E-state index in [1.54, 1.807) is 0 Å². The van der Waals surface area contributed by atoms with Gasteiger partial charge in [-0.25, -0.2) is 9.67 Å². The number of hydrogen-bond donors (Lipinski definition) is 2. The van der Waals surface area contributed by atoms with Gasteiger partial charge in [0.1, 0.15) is 5.84 Å². The minimum Gasteiger partial charge on any atom is -0.308 e. The number of halogens is 6. The first-order valence-corrected chi connectivity index (χ1v) is 8.58. The lowest BCUT2D eigenvalue weighted by Crippen LogP contribution is -2.46. The third-order valence-electron chi connectivity index (χ3n) is 4.02. The minimum absolute atomic E-state index is 0.0388. The minimum atomic E-state index is -4.98. The maximum atomic E-state index is 13.1. The average molecular weight is 447 g/mol. The maximum Gasteiger partial charge on any atom is 0.416 e. The molecule has 8 nitrogen and oxygen atoms in total. The van der Waals surface area contributed by atoms with Gasteiger partial charge in [0.2, 0.25) is 11.9 Å². The quantitative estimate of drug-likeness (QED) is 0.546. The Labute approximate surface area is 171 Å². The number of amidine groups is 1. The number of nitrogens with one attached hydrogen (secondary N) is 2. The number of carbonyl (C=O) groups excluding carboxylic acids is 1. The van der Waals surface area contributed by atoms with Crippen molar-refractivity contribution in [3.8, 4) is 11.4 Å². The Hall–Kier alpha value is -3.58. The molecule has 2 aromatic rings. The summed E-state index contributed by atoms with van der Waals surface area (Å²) in [5, 5.41) is 3.97. The van der Waals surface area contributed by atoms with Crippen LogP contribution < -0.4 is 15.8 Å². The molecule has 1 aromatic carbocycles. The summed E-state index contributed by atoms with van der Waals surface area (Å²) in [5.74, 6) is -0.230. The maximum absolute atomic E-state index is 13.1. The first-order valence-electron chi connectivity index (χ1n) is 8.58. The molecule has 3 rings (SSSR count). The summed E-state index contributed by atoms with van der Waals surface area (Å²) in [6.45, 7) is 1.36. The first kappa shape index (κ1) is 22.1. The van der Waals surface area contributed by atoms with Gasteiger partial charge < -0.3 is 4.90 Å². The molecule has 0 atom stereocenters. The van der Waals surface area contributed by atoms with Gasteiger partial charge in [0, 0.05) is 31.9 Å². The van der Waals surface area contributed by atoms with Gasteiger partial charge in [-0.05, 0) is 18.2 Å². The fourth-order valence-corrected chi connectivity index (χ4v) is 2.66. The highest BCUT2D eigenvalue weighted by molar-refractivity contribution is 5.90. The van der Waals surface area contributed by atoms with Crippen molar-refractivity contribution in [1.82, 2.24) is 25.6 Å². The molecule has 0 saturated carbocycles. The Morgan fingerprint density at radius 1 is 1.06 bits per heavy atom. The lowest BCUT2D eigenvalue weighted by Gasteiger charge is -2.22. The summed E-state index contributed by atoms with van der Waals surface area (Å²) in [6.07, 6.45) is -7.11. The standard InChI is InChI=1S/C17H15F6N7O/c1-9(31)26-27-13-8-30(4-3-24-13)15-25-14(28-29(15)2)10-5-11(16(18,19)20)7-12(6-10)17(21,22)23/h3-7H,8H2,1-2H3,(H,24,27)(H,26,31). The Kier molecular flexibility index (Phi) is 5.65. The predicted octanol–water partition coefficient (Wildman–Crippen LogP) is 2.85. The number of amides is 1. The van der Waals surface area contributed by atoms with E-state index < -0.39 is 29.0 Å². The van der Waals surface area contributed by atoms with Crippen molar-refractivity contribution in [3.05, 3.63) is 41.7 Å². The Balaban J connectivity index is 1.95. The molecule has 31 heavy (non-hydrogen) atoms. The zero-order chi connectivity index (χ0) is 23.0. The molecule has 0 saturated heterocycles. The summed E-state index contributed by atoms with van der Waals surface area (Å²) in [4.78, 5) is 20.6. The molecule has 0 spiro atoms. The van der Waals surface area contributed by atoms with Crippen LogP contribution in [0.3, 0.4) is 0 Å². The van der Waals surface area contributed by atoms with Gasteiger partial charge in [0.05, 0.1) is 17.7 Å². The fraction of sp³-hybridized carbons (Fsp3) is 0.294. The Bertz CT molecular complexity index is 1020. The second-order valence-electron chi connectivity index (χ2n) is 6.46. The Morgan fingerprint density at radius 2 is 1.68 bits per heavy atom. The molecule has 2 heterocycles. The zero-order valence-corrected chi connectivity index (χ0v) is 16.0. The number of aromatic nitrogens is 3. The number of rotatable bonds is 2. The lowest BCUT2D eigenvalue weighted by molar-refractivity contribution is -0.143. The number of hydrogen-bond acceptors (Lipinski definition) is 6. The number of nitrogens with zero attached hydrogens (tertiary/aromatic N) is 5. The number of carbonyl (C=O) groups is 1. The van der Waals surface area contributed by atoms with E-state index in [1.165, 1.54) is 36.0 Å². The van der Waals surface area contributed by atoms with Crippen LogP contribution in [-0.4, -0.2) is 33.1 Å². The highest BCUT2D eigenvalue weighted by Crippen LogP contribution is 2.38. The van der Waals surface area contributed by atoms with Crippen molar-refractivity contribution < 1.29 is 31.1 Å². The van der Waals surface area contributed by atoms with Gasteiger partial charge in [0.15, 0.2) is 5.82 Å². The molecule has 1 amide bonds. The Morgan fingerprint density at radius 3 is 2.23 bits per heavy atom. The number of aryl methyl sites for hydroxylation is 1. The highest BCUT2D eigenvalue weighted by Gasteiger charge is 2.37. The van der Waals surface area contributed by atoms with E-state index in [0.29, 0.717) is 18.0 Å². The van der Waals surface area contributed by atoms with E-state index in [9.17, 15) is 31.1 Å². The summed E-state index contributed by atoms with van der Waals surface area (Å²) in [7, 11) is 1.44. The summed E-state index contributed by atoms with van der Waals surface area (Å²) in [5.41, 5.74) is 1.56. The van der Waals surface area contributed by atoms with Crippen LogP contribution in [0.4, 0.5) is 32.3 Å². The third kappa shape index (κ3) is 5.13. The summed E-state index contributed by atoms with van der Waals surface area (Å²) >= 11 is 0. The van der Waals surface area contributed by atoms with Crippen LogP contribution >= 0.6 is 0 Å². The van der Waals surface area contributed by atoms with Gasteiger partial charge in [-0.2, -0.15) is 31.3 Å². The number of benzene rings is 1. The molecule has 0 bridgehead atoms. The van der Waals surface area contributed by atoms with E-state index in [4.69, 9.17) is 0 Å². The van der Waals surface area contributed by atoms with Gasteiger partial charge in [-0.15, -0.1) is 5.10 Å². The fourth-order valence-electron chi connectivity index (χ4n) is 2.66. The smallest absolute Gasteiger partial charge is 0.308 e. The first-order chi connectivity index (χ1) is 14.3. The molecule has 166 valence electrons. The number of anilines is 1. The largest absolute Gasteiger partial charge is 0.416 e. The highest BCUT2D eigenvalue weighted by atomic mass is 19.4. The summed E-state index contributed by atoms with van der Waals surface area (Å²) in [6, 6.07) is 1.16. The van der Waals surface area contributed by atoms with Crippen LogP contribution in [0, 0.1) is 0 Å².